The lowest BCUT2D eigenvalue weighted by Crippen LogP contribution is -2.53. The van der Waals surface area contributed by atoms with Crippen LogP contribution in [0.3, 0.4) is 0 Å². The van der Waals surface area contributed by atoms with Crippen LogP contribution in [0.5, 0.6) is 0 Å². The predicted octanol–water partition coefficient (Wildman–Crippen LogP) is 3.10. The molecule has 5 rings (SSSR count). The number of nitrogens with zero attached hydrogens (tertiary/aromatic N) is 5. The second-order valence-electron chi connectivity index (χ2n) is 9.69. The minimum Gasteiger partial charge on any atom is -0.397 e. The number of aliphatic hydroxyl groups excluding tert-OH is 1. The van der Waals surface area contributed by atoms with Crippen LogP contribution in [0, 0.1) is 0 Å². The van der Waals surface area contributed by atoms with Crippen LogP contribution >= 0.6 is 0 Å². The van der Waals surface area contributed by atoms with Gasteiger partial charge in [0.2, 0.25) is 0 Å². The molecule has 0 spiro atoms. The third kappa shape index (κ3) is 6.14. The second-order valence-corrected chi connectivity index (χ2v) is 9.69. The molecule has 0 aliphatic carbocycles. The summed E-state index contributed by atoms with van der Waals surface area (Å²) in [6.45, 7) is 11.1. The highest BCUT2D eigenvalue weighted by Gasteiger charge is 2.23. The Morgan fingerprint density at radius 1 is 1.22 bits per heavy atom. The highest BCUT2D eigenvalue weighted by atomic mass is 16.2. The Balaban J connectivity index is 0.000000967. The number of aliphatic hydroxyl groups is 1. The second kappa shape index (κ2) is 12.2. The van der Waals surface area contributed by atoms with Crippen molar-refractivity contribution in [1.82, 2.24) is 30.1 Å². The van der Waals surface area contributed by atoms with E-state index in [-0.39, 0.29) is 18.7 Å². The van der Waals surface area contributed by atoms with Crippen molar-refractivity contribution in [1.29, 1.82) is 0 Å². The summed E-state index contributed by atoms with van der Waals surface area (Å²) in [5.74, 6) is 0.558. The maximum absolute atomic E-state index is 12.3. The zero-order chi connectivity index (χ0) is 25.5. The maximum atomic E-state index is 12.3. The minimum absolute atomic E-state index is 0.0213. The number of nitrogens with one attached hydrogen (secondary N) is 2. The van der Waals surface area contributed by atoms with Gasteiger partial charge in [-0.15, -0.1) is 0 Å². The first-order valence-corrected chi connectivity index (χ1v) is 13.1. The summed E-state index contributed by atoms with van der Waals surface area (Å²) in [6, 6.07) is 8.76. The molecule has 1 unspecified atom stereocenters. The summed E-state index contributed by atoms with van der Waals surface area (Å²) in [4.78, 5) is 21.3. The highest BCUT2D eigenvalue weighted by Crippen LogP contribution is 2.29. The largest absolute Gasteiger partial charge is 0.397 e. The third-order valence-corrected chi connectivity index (χ3v) is 6.66. The Morgan fingerprint density at radius 3 is 2.64 bits per heavy atom. The summed E-state index contributed by atoms with van der Waals surface area (Å²) in [5, 5.41) is 18.6. The Kier molecular flexibility index (Phi) is 8.77. The number of urea groups is 1. The number of piperazine rings is 1. The molecule has 9 nitrogen and oxygen atoms in total. The zero-order valence-electron chi connectivity index (χ0n) is 21.7. The molecule has 194 valence electrons. The van der Waals surface area contributed by atoms with Crippen molar-refractivity contribution in [2.45, 2.75) is 45.6 Å². The Labute approximate surface area is 213 Å². The van der Waals surface area contributed by atoms with Crippen LogP contribution in [0.1, 0.15) is 45.1 Å². The molecule has 2 aliphatic heterocycles. The average molecular weight is 494 g/mol. The number of fused-ring (bicyclic) bond motifs is 1. The van der Waals surface area contributed by atoms with E-state index in [0.717, 1.165) is 48.6 Å². The van der Waals surface area contributed by atoms with Crippen LogP contribution in [-0.2, 0) is 0 Å². The van der Waals surface area contributed by atoms with E-state index in [9.17, 15) is 4.79 Å². The SMILES string of the molecule is CC(C)NC(=O)N1CCN(c2ccnn3cc(-c4ccc(C5CCCNC5)cn4)cc23)CC1.CCO. The number of rotatable bonds is 4. The molecule has 3 aromatic rings. The number of carbonyl (C=O) groups is 1. The molecule has 9 heteroatoms. The van der Waals surface area contributed by atoms with Gasteiger partial charge >= 0.3 is 6.03 Å². The number of hydrogen-bond acceptors (Lipinski definition) is 6. The van der Waals surface area contributed by atoms with Gasteiger partial charge in [-0.25, -0.2) is 9.31 Å². The quantitative estimate of drug-likeness (QED) is 0.517. The molecule has 0 radical (unpaired) electrons. The van der Waals surface area contributed by atoms with Crippen molar-refractivity contribution in [2.75, 3.05) is 50.8 Å². The van der Waals surface area contributed by atoms with Crippen LogP contribution in [0.15, 0.2) is 42.9 Å². The standard InChI is InChI=1S/C25H33N7O.C2H6O/c1-18(2)29-25(33)31-12-10-30(11-13-31)23-7-9-28-32-17-21(14-24(23)32)22-6-5-20(16-27-22)19-4-3-8-26-15-19;1-2-3/h5-7,9,14,16-19,26H,3-4,8,10-13,15H2,1-2H3,(H,29,33);3H,2H2,1H3. The first-order valence-electron chi connectivity index (χ1n) is 13.1. The van der Waals surface area contributed by atoms with E-state index >= 15 is 0 Å². The zero-order valence-corrected chi connectivity index (χ0v) is 21.7. The maximum Gasteiger partial charge on any atom is 0.317 e. The summed E-state index contributed by atoms with van der Waals surface area (Å²) < 4.78 is 1.93. The van der Waals surface area contributed by atoms with Gasteiger partial charge < -0.3 is 25.5 Å². The number of aromatic nitrogens is 3. The van der Waals surface area contributed by atoms with Crippen molar-refractivity contribution in [3.05, 3.63) is 48.4 Å². The molecule has 3 aromatic heterocycles. The molecule has 0 bridgehead atoms. The van der Waals surface area contributed by atoms with Crippen LogP contribution in [-0.4, -0.2) is 82.6 Å². The topological polar surface area (TPSA) is 98.0 Å². The van der Waals surface area contributed by atoms with Gasteiger partial charge in [-0.05, 0) is 69.8 Å². The predicted molar refractivity (Wildman–Crippen MR) is 143 cm³/mol. The number of amides is 2. The molecule has 2 aliphatic rings. The van der Waals surface area contributed by atoms with E-state index < -0.39 is 0 Å². The summed E-state index contributed by atoms with van der Waals surface area (Å²) in [6.07, 6.45) is 8.38. The van der Waals surface area contributed by atoms with E-state index in [1.54, 1.807) is 6.92 Å². The molecule has 3 N–H and O–H groups in total. The first kappa shape index (κ1) is 25.9. The van der Waals surface area contributed by atoms with Gasteiger partial charge in [0.15, 0.2) is 0 Å². The van der Waals surface area contributed by atoms with Gasteiger partial charge in [-0.1, -0.05) is 6.07 Å². The molecule has 2 amide bonds. The molecule has 5 heterocycles. The van der Waals surface area contributed by atoms with Crippen LogP contribution in [0.4, 0.5) is 10.5 Å². The van der Waals surface area contributed by atoms with Crippen LogP contribution in [0.25, 0.3) is 16.8 Å². The summed E-state index contributed by atoms with van der Waals surface area (Å²) >= 11 is 0. The van der Waals surface area contributed by atoms with Gasteiger partial charge in [0, 0.05) is 69.5 Å². The number of pyridine rings is 1. The van der Waals surface area contributed by atoms with Crippen LogP contribution < -0.4 is 15.5 Å². The summed E-state index contributed by atoms with van der Waals surface area (Å²) in [7, 11) is 0. The van der Waals surface area contributed by atoms with E-state index in [1.165, 1.54) is 18.4 Å². The van der Waals surface area contributed by atoms with Gasteiger partial charge in [0.05, 0.1) is 16.9 Å². The van der Waals surface area contributed by atoms with Gasteiger partial charge in [-0.3, -0.25) is 4.98 Å². The molecular weight excluding hydrogens is 454 g/mol. The van der Waals surface area contributed by atoms with E-state index in [2.05, 4.69) is 51.1 Å². The number of carbonyl (C=O) groups excluding carboxylic acids is 1. The van der Waals surface area contributed by atoms with Gasteiger partial charge in [0.1, 0.15) is 0 Å². The van der Waals surface area contributed by atoms with Gasteiger partial charge in [-0.2, -0.15) is 5.10 Å². The number of hydrogen-bond donors (Lipinski definition) is 3. The van der Waals surface area contributed by atoms with E-state index in [0.29, 0.717) is 19.0 Å². The van der Waals surface area contributed by atoms with E-state index in [1.807, 2.05) is 35.7 Å². The van der Waals surface area contributed by atoms with Crippen molar-refractivity contribution in [3.63, 3.8) is 0 Å². The fourth-order valence-corrected chi connectivity index (χ4v) is 4.85. The molecule has 0 saturated carbocycles. The molecule has 36 heavy (non-hydrogen) atoms. The van der Waals surface area contributed by atoms with Gasteiger partial charge in [0.25, 0.3) is 0 Å². The smallest absolute Gasteiger partial charge is 0.317 e. The Morgan fingerprint density at radius 2 is 2.00 bits per heavy atom. The normalized spacial score (nSPS) is 18.2. The lowest BCUT2D eigenvalue weighted by atomic mass is 9.92. The molecular formula is C27H39N7O2. The molecule has 2 saturated heterocycles. The molecule has 0 aromatic carbocycles. The molecule has 2 fully saturated rings. The Bertz CT molecular complexity index is 1110. The fraction of sp³-hybridized carbons (Fsp3) is 0.519. The van der Waals surface area contributed by atoms with Crippen molar-refractivity contribution in [3.8, 4) is 11.3 Å². The molecule has 1 atom stereocenters. The van der Waals surface area contributed by atoms with Crippen LogP contribution in [0.2, 0.25) is 0 Å². The third-order valence-electron chi connectivity index (χ3n) is 6.66. The van der Waals surface area contributed by atoms with Crippen molar-refractivity contribution >= 4 is 17.2 Å². The average Bonchev–Trinajstić information content (AvgIpc) is 3.34. The lowest BCUT2D eigenvalue weighted by molar-refractivity contribution is 0.192. The van der Waals surface area contributed by atoms with Crippen molar-refractivity contribution in [2.24, 2.45) is 0 Å². The van der Waals surface area contributed by atoms with E-state index in [4.69, 9.17) is 10.1 Å². The fourth-order valence-electron chi connectivity index (χ4n) is 4.85. The number of piperidine rings is 1. The van der Waals surface area contributed by atoms with Crippen molar-refractivity contribution < 1.29 is 9.90 Å². The lowest BCUT2D eigenvalue weighted by Gasteiger charge is -2.36. The number of anilines is 1. The first-order chi connectivity index (χ1) is 17.5. The highest BCUT2D eigenvalue weighted by molar-refractivity contribution is 5.79. The minimum atomic E-state index is 0.0213. The monoisotopic (exact) mass is 493 g/mol. The summed E-state index contributed by atoms with van der Waals surface area (Å²) in [5.41, 5.74) is 5.56. The Hall–Kier alpha value is -3.17.